The first-order valence-corrected chi connectivity index (χ1v) is 9.64. The monoisotopic (exact) mass is 388 g/mol. The lowest BCUT2D eigenvalue weighted by Crippen LogP contribution is -2.41. The molecule has 1 aromatic heterocycles. The normalized spacial score (nSPS) is 14.6. The average molecular weight is 388 g/mol. The van der Waals surface area contributed by atoms with Crippen LogP contribution in [0.5, 0.6) is 0 Å². The number of piperidine rings is 1. The molecule has 29 heavy (non-hydrogen) atoms. The van der Waals surface area contributed by atoms with Crippen molar-refractivity contribution in [3.63, 3.8) is 0 Å². The molecule has 4 rings (SSSR count). The Morgan fingerprint density at radius 2 is 1.97 bits per heavy atom. The third kappa shape index (κ3) is 4.04. The number of pyridine rings is 1. The second kappa shape index (κ2) is 7.88. The van der Waals surface area contributed by atoms with Gasteiger partial charge in [0.1, 0.15) is 5.82 Å². The van der Waals surface area contributed by atoms with E-state index >= 15 is 0 Å². The number of aromatic nitrogens is 1. The molecule has 1 N–H and O–H groups in total. The summed E-state index contributed by atoms with van der Waals surface area (Å²) in [4.78, 5) is 17.7. The van der Waals surface area contributed by atoms with Crippen LogP contribution < -0.4 is 5.32 Å². The fourth-order valence-electron chi connectivity index (χ4n) is 3.86. The second-order valence-electron chi connectivity index (χ2n) is 7.39. The molecule has 3 aromatic rings. The fourth-order valence-corrected chi connectivity index (χ4v) is 3.86. The van der Waals surface area contributed by atoms with Gasteiger partial charge in [-0.2, -0.15) is 5.26 Å². The highest BCUT2D eigenvalue weighted by Gasteiger charge is 2.21. The molecule has 0 spiro atoms. The standard InChI is InChI=1S/C23H21FN4O/c1-15(29)28-6-3-21(4-7-28)27-23-12-19(10-17-2-5-26-14-22(17)23)18-8-16(13-25)9-20(24)11-18/h2,5,8-12,14,21,27H,3-4,6-7H2,1H3. The Labute approximate surface area is 168 Å². The van der Waals surface area contributed by atoms with Crippen LogP contribution in [0.2, 0.25) is 0 Å². The Bertz CT molecular complexity index is 1110. The van der Waals surface area contributed by atoms with E-state index in [-0.39, 0.29) is 11.9 Å². The molecule has 0 saturated carbocycles. The predicted octanol–water partition coefficient (Wildman–Crippen LogP) is 4.34. The van der Waals surface area contributed by atoms with Crippen molar-refractivity contribution in [2.75, 3.05) is 18.4 Å². The molecule has 0 aliphatic carbocycles. The summed E-state index contributed by atoms with van der Waals surface area (Å²) in [6, 6.07) is 12.5. The van der Waals surface area contributed by atoms with Crippen molar-refractivity contribution in [1.29, 1.82) is 5.26 Å². The maximum atomic E-state index is 14.0. The van der Waals surface area contributed by atoms with Crippen LogP contribution >= 0.6 is 0 Å². The third-order valence-electron chi connectivity index (χ3n) is 5.42. The number of nitrogens with zero attached hydrogens (tertiary/aromatic N) is 3. The zero-order valence-corrected chi connectivity index (χ0v) is 16.2. The highest BCUT2D eigenvalue weighted by Crippen LogP contribution is 2.32. The van der Waals surface area contributed by atoms with Crippen LogP contribution in [0.4, 0.5) is 10.1 Å². The molecule has 5 nitrogen and oxygen atoms in total. The van der Waals surface area contributed by atoms with Crippen LogP contribution in [0.1, 0.15) is 25.3 Å². The lowest BCUT2D eigenvalue weighted by atomic mass is 9.98. The molecule has 2 aromatic carbocycles. The molecule has 1 amide bonds. The number of amides is 1. The molecule has 0 bridgehead atoms. The summed E-state index contributed by atoms with van der Waals surface area (Å²) in [7, 11) is 0. The molecule has 6 heteroatoms. The van der Waals surface area contributed by atoms with E-state index in [2.05, 4.69) is 10.3 Å². The predicted molar refractivity (Wildman–Crippen MR) is 111 cm³/mol. The number of carbonyl (C=O) groups excluding carboxylic acids is 1. The van der Waals surface area contributed by atoms with Crippen molar-refractivity contribution in [3.8, 4) is 17.2 Å². The van der Waals surface area contributed by atoms with Gasteiger partial charge in [0.05, 0.1) is 11.6 Å². The first kappa shape index (κ1) is 18.9. The number of hydrogen-bond acceptors (Lipinski definition) is 4. The maximum Gasteiger partial charge on any atom is 0.219 e. The highest BCUT2D eigenvalue weighted by atomic mass is 19.1. The number of benzene rings is 2. The van der Waals surface area contributed by atoms with Crippen LogP contribution in [0.15, 0.2) is 48.8 Å². The molecule has 1 saturated heterocycles. The number of hydrogen-bond donors (Lipinski definition) is 1. The van der Waals surface area contributed by atoms with Gasteiger partial charge in [0, 0.05) is 49.5 Å². The number of nitriles is 1. The van der Waals surface area contributed by atoms with Crippen LogP contribution in [-0.4, -0.2) is 34.9 Å². The Morgan fingerprint density at radius 3 is 2.69 bits per heavy atom. The summed E-state index contributed by atoms with van der Waals surface area (Å²) >= 11 is 0. The van der Waals surface area contributed by atoms with Gasteiger partial charge < -0.3 is 10.2 Å². The van der Waals surface area contributed by atoms with Crippen molar-refractivity contribution in [1.82, 2.24) is 9.88 Å². The number of carbonyl (C=O) groups is 1. The molecular formula is C23H21FN4O. The van der Waals surface area contributed by atoms with E-state index in [4.69, 9.17) is 0 Å². The van der Waals surface area contributed by atoms with Gasteiger partial charge in [-0.15, -0.1) is 0 Å². The molecule has 146 valence electrons. The van der Waals surface area contributed by atoms with Crippen LogP contribution in [0, 0.1) is 17.1 Å². The van der Waals surface area contributed by atoms with Gasteiger partial charge in [0.2, 0.25) is 5.91 Å². The van der Waals surface area contributed by atoms with E-state index in [0.29, 0.717) is 11.1 Å². The van der Waals surface area contributed by atoms with Gasteiger partial charge in [-0.1, -0.05) is 0 Å². The second-order valence-corrected chi connectivity index (χ2v) is 7.39. The average Bonchev–Trinajstić information content (AvgIpc) is 2.73. The maximum absolute atomic E-state index is 14.0. The summed E-state index contributed by atoms with van der Waals surface area (Å²) in [6.07, 6.45) is 5.28. The van der Waals surface area contributed by atoms with E-state index < -0.39 is 5.82 Å². The Kier molecular flexibility index (Phi) is 5.13. The van der Waals surface area contributed by atoms with Gasteiger partial charge >= 0.3 is 0 Å². The lowest BCUT2D eigenvalue weighted by molar-refractivity contribution is -0.129. The number of rotatable bonds is 3. The zero-order chi connectivity index (χ0) is 20.4. The van der Waals surface area contributed by atoms with Crippen molar-refractivity contribution >= 4 is 22.4 Å². The number of anilines is 1. The van der Waals surface area contributed by atoms with E-state index in [1.165, 1.54) is 12.1 Å². The largest absolute Gasteiger partial charge is 0.382 e. The lowest BCUT2D eigenvalue weighted by Gasteiger charge is -2.32. The highest BCUT2D eigenvalue weighted by molar-refractivity contribution is 5.97. The summed E-state index contributed by atoms with van der Waals surface area (Å²) in [6.45, 7) is 3.07. The molecule has 1 aliphatic rings. The number of halogens is 1. The summed E-state index contributed by atoms with van der Waals surface area (Å²) < 4.78 is 14.0. The van der Waals surface area contributed by atoms with E-state index in [1.54, 1.807) is 19.2 Å². The quantitative estimate of drug-likeness (QED) is 0.725. The summed E-state index contributed by atoms with van der Waals surface area (Å²) in [5.41, 5.74) is 2.72. The number of likely N-dealkylation sites (tertiary alicyclic amines) is 1. The molecule has 1 fully saturated rings. The van der Waals surface area contributed by atoms with Gasteiger partial charge in [-0.05, 0) is 65.8 Å². The zero-order valence-electron chi connectivity index (χ0n) is 16.2. The van der Waals surface area contributed by atoms with Crippen molar-refractivity contribution < 1.29 is 9.18 Å². The first-order chi connectivity index (χ1) is 14.0. The van der Waals surface area contributed by atoms with E-state index in [1.807, 2.05) is 35.4 Å². The van der Waals surface area contributed by atoms with Crippen LogP contribution in [-0.2, 0) is 4.79 Å². The number of fused-ring (bicyclic) bond motifs is 1. The number of nitrogens with one attached hydrogen (secondary N) is 1. The van der Waals surface area contributed by atoms with Gasteiger partial charge in [-0.3, -0.25) is 9.78 Å². The minimum atomic E-state index is -0.431. The molecule has 2 heterocycles. The Hall–Kier alpha value is -3.46. The van der Waals surface area contributed by atoms with Gasteiger partial charge in [0.25, 0.3) is 0 Å². The topological polar surface area (TPSA) is 69.0 Å². The minimum absolute atomic E-state index is 0.111. The fraction of sp³-hybridized carbons (Fsp3) is 0.261. The SMILES string of the molecule is CC(=O)N1CCC(Nc2cc(-c3cc(F)cc(C#N)c3)cc3ccncc23)CC1. The summed E-state index contributed by atoms with van der Waals surface area (Å²) in [5, 5.41) is 14.7. The van der Waals surface area contributed by atoms with Crippen molar-refractivity contribution in [3.05, 3.63) is 60.2 Å². The smallest absolute Gasteiger partial charge is 0.219 e. The third-order valence-corrected chi connectivity index (χ3v) is 5.42. The molecule has 0 atom stereocenters. The van der Waals surface area contributed by atoms with Crippen molar-refractivity contribution in [2.45, 2.75) is 25.8 Å². The van der Waals surface area contributed by atoms with Crippen LogP contribution in [0.3, 0.4) is 0 Å². The molecule has 0 radical (unpaired) electrons. The van der Waals surface area contributed by atoms with Gasteiger partial charge in [-0.25, -0.2) is 4.39 Å². The summed E-state index contributed by atoms with van der Waals surface area (Å²) in [5.74, 6) is -0.320. The first-order valence-electron chi connectivity index (χ1n) is 9.64. The van der Waals surface area contributed by atoms with Crippen LogP contribution in [0.25, 0.3) is 21.9 Å². The van der Waals surface area contributed by atoms with E-state index in [0.717, 1.165) is 48.0 Å². The van der Waals surface area contributed by atoms with E-state index in [9.17, 15) is 14.4 Å². The molecule has 1 aliphatic heterocycles. The molecule has 0 unspecified atom stereocenters. The Balaban J connectivity index is 1.70. The Morgan fingerprint density at radius 1 is 1.21 bits per heavy atom. The molecular weight excluding hydrogens is 367 g/mol. The van der Waals surface area contributed by atoms with Gasteiger partial charge in [0.15, 0.2) is 0 Å². The van der Waals surface area contributed by atoms with Crippen molar-refractivity contribution in [2.24, 2.45) is 0 Å². The minimum Gasteiger partial charge on any atom is -0.382 e.